The number of aromatic nitrogens is 2. The maximum Gasteiger partial charge on any atom is 0.265 e. The van der Waals surface area contributed by atoms with E-state index in [1.165, 1.54) is 10.5 Å². The predicted octanol–water partition coefficient (Wildman–Crippen LogP) is 3.51. The Hall–Kier alpha value is -3.32. The van der Waals surface area contributed by atoms with Crippen LogP contribution in [0, 0.1) is 0 Å². The second kappa shape index (κ2) is 8.59. The molecule has 1 N–H and O–H groups in total. The third kappa shape index (κ3) is 4.31. The molecule has 2 aromatic carbocycles. The fraction of sp³-hybridized carbons (Fsp3) is 0.227. The van der Waals surface area contributed by atoms with Gasteiger partial charge in [-0.1, -0.05) is 42.8 Å². The van der Waals surface area contributed by atoms with Crippen molar-refractivity contribution >= 4 is 34.9 Å². The number of nitrogens with one attached hydrogen (secondary N) is 1. The Balaban J connectivity index is 1.46. The summed E-state index contributed by atoms with van der Waals surface area (Å²) in [7, 11) is 0. The summed E-state index contributed by atoms with van der Waals surface area (Å²) in [6.45, 7) is 2.38. The van der Waals surface area contributed by atoms with Gasteiger partial charge in [-0.05, 0) is 35.7 Å². The van der Waals surface area contributed by atoms with Gasteiger partial charge in [0.05, 0.1) is 18.4 Å². The number of benzene rings is 2. The van der Waals surface area contributed by atoms with Crippen molar-refractivity contribution in [3.63, 3.8) is 0 Å². The minimum absolute atomic E-state index is 0.117. The van der Waals surface area contributed by atoms with Crippen LogP contribution in [0.3, 0.4) is 0 Å². The molecular weight excluding hydrogens is 404 g/mol. The van der Waals surface area contributed by atoms with E-state index in [2.05, 4.69) is 41.6 Å². The normalized spacial score (nSPS) is 13.0. The lowest BCUT2D eigenvalue weighted by atomic mass is 10.1. The molecular formula is C22H21ClN4O3. The molecule has 2 amide bonds. The highest BCUT2D eigenvalue weighted by molar-refractivity contribution is 6.31. The quantitative estimate of drug-likeness (QED) is 0.657. The molecule has 1 aliphatic rings. The topological polar surface area (TPSA) is 76.5 Å². The maximum atomic E-state index is 12.7. The number of ether oxygens (including phenoxy) is 1. The van der Waals surface area contributed by atoms with Crippen LogP contribution in [-0.2, 0) is 22.6 Å². The zero-order chi connectivity index (χ0) is 21.1. The van der Waals surface area contributed by atoms with Gasteiger partial charge in [-0.15, -0.1) is 0 Å². The van der Waals surface area contributed by atoms with E-state index in [9.17, 15) is 9.59 Å². The molecule has 7 nitrogen and oxygen atoms in total. The molecule has 0 radical (unpaired) electrons. The fourth-order valence-electron chi connectivity index (χ4n) is 3.29. The molecule has 0 saturated carbocycles. The molecule has 0 bridgehead atoms. The molecule has 0 aliphatic carbocycles. The van der Waals surface area contributed by atoms with Gasteiger partial charge >= 0.3 is 0 Å². The fourth-order valence-corrected chi connectivity index (χ4v) is 3.46. The van der Waals surface area contributed by atoms with Gasteiger partial charge in [-0.25, -0.2) is 4.68 Å². The molecule has 0 unspecified atom stereocenters. The lowest BCUT2D eigenvalue weighted by molar-refractivity contribution is -0.123. The van der Waals surface area contributed by atoms with Crippen LogP contribution in [0.5, 0.6) is 5.75 Å². The van der Waals surface area contributed by atoms with Crippen LogP contribution in [0.25, 0.3) is 0 Å². The zero-order valence-corrected chi connectivity index (χ0v) is 17.2. The Bertz CT molecular complexity index is 1080. The third-order valence-corrected chi connectivity index (χ3v) is 5.15. The average molecular weight is 425 g/mol. The van der Waals surface area contributed by atoms with Gasteiger partial charge in [0.1, 0.15) is 18.1 Å². The molecule has 0 saturated heterocycles. The molecule has 0 fully saturated rings. The highest BCUT2D eigenvalue weighted by Crippen LogP contribution is 2.34. The molecule has 154 valence electrons. The number of carbonyl (C=O) groups excluding carboxylic acids is 2. The van der Waals surface area contributed by atoms with Gasteiger partial charge in [0.2, 0.25) is 5.91 Å². The zero-order valence-electron chi connectivity index (χ0n) is 16.5. The summed E-state index contributed by atoms with van der Waals surface area (Å²) in [6, 6.07) is 15.0. The number of carbonyl (C=O) groups is 2. The number of hydrogen-bond acceptors (Lipinski definition) is 4. The number of amides is 2. The Kier molecular flexibility index (Phi) is 5.72. The standard InChI is InChI=1S/C22H21ClN4O3/c1-2-15-3-5-16(6-4-15)12-27-20(9-10-24-27)25-21(28)13-26-18-11-17(23)7-8-19(18)30-14-22(26)29/h3-11H,2,12-14H2,1H3,(H,25,28). The molecule has 1 aromatic heterocycles. The first-order chi connectivity index (χ1) is 14.5. The van der Waals surface area contributed by atoms with Crippen molar-refractivity contribution in [2.45, 2.75) is 19.9 Å². The van der Waals surface area contributed by atoms with Crippen LogP contribution in [0.1, 0.15) is 18.1 Å². The molecule has 0 spiro atoms. The minimum Gasteiger partial charge on any atom is -0.482 e. The van der Waals surface area contributed by atoms with E-state index >= 15 is 0 Å². The van der Waals surface area contributed by atoms with E-state index in [0.29, 0.717) is 28.8 Å². The van der Waals surface area contributed by atoms with Gasteiger partial charge < -0.3 is 10.1 Å². The average Bonchev–Trinajstić information content (AvgIpc) is 3.17. The highest BCUT2D eigenvalue weighted by Gasteiger charge is 2.27. The molecule has 3 aromatic rings. The minimum atomic E-state index is -0.334. The van der Waals surface area contributed by atoms with E-state index in [0.717, 1.165) is 12.0 Å². The first-order valence-corrected chi connectivity index (χ1v) is 10.0. The molecule has 4 rings (SSSR count). The number of aryl methyl sites for hydroxylation is 1. The van der Waals surface area contributed by atoms with Crippen molar-refractivity contribution in [3.05, 3.63) is 70.9 Å². The Morgan fingerprint density at radius 1 is 1.17 bits per heavy atom. The van der Waals surface area contributed by atoms with Crippen LogP contribution >= 0.6 is 11.6 Å². The predicted molar refractivity (Wildman–Crippen MR) is 115 cm³/mol. The Morgan fingerprint density at radius 2 is 1.93 bits per heavy atom. The summed E-state index contributed by atoms with van der Waals surface area (Å²) in [4.78, 5) is 26.4. The van der Waals surface area contributed by atoms with E-state index in [4.69, 9.17) is 16.3 Å². The SMILES string of the molecule is CCc1ccc(Cn2nccc2NC(=O)CN2C(=O)COc3ccc(Cl)cc32)cc1. The van der Waals surface area contributed by atoms with Gasteiger partial charge in [-0.2, -0.15) is 5.10 Å². The molecule has 1 aliphatic heterocycles. The van der Waals surface area contributed by atoms with Crippen LogP contribution < -0.4 is 15.0 Å². The van der Waals surface area contributed by atoms with Crippen LogP contribution in [0.4, 0.5) is 11.5 Å². The van der Waals surface area contributed by atoms with E-state index in [1.807, 2.05) is 0 Å². The van der Waals surface area contributed by atoms with Crippen LogP contribution in [0.15, 0.2) is 54.7 Å². The number of halogens is 1. The lowest BCUT2D eigenvalue weighted by Gasteiger charge is -2.29. The molecule has 0 atom stereocenters. The smallest absolute Gasteiger partial charge is 0.265 e. The summed E-state index contributed by atoms with van der Waals surface area (Å²) in [5, 5.41) is 7.60. The summed E-state index contributed by atoms with van der Waals surface area (Å²) >= 11 is 6.05. The largest absolute Gasteiger partial charge is 0.482 e. The van der Waals surface area contributed by atoms with Crippen molar-refractivity contribution < 1.29 is 14.3 Å². The summed E-state index contributed by atoms with van der Waals surface area (Å²) in [6.07, 6.45) is 2.61. The Labute approximate surface area is 179 Å². The summed E-state index contributed by atoms with van der Waals surface area (Å²) in [5.41, 5.74) is 2.83. The molecule has 8 heteroatoms. The summed E-state index contributed by atoms with van der Waals surface area (Å²) in [5.74, 6) is 0.447. The lowest BCUT2D eigenvalue weighted by Crippen LogP contribution is -2.43. The van der Waals surface area contributed by atoms with E-state index in [-0.39, 0.29) is 25.0 Å². The first-order valence-electron chi connectivity index (χ1n) is 9.65. The number of hydrogen-bond donors (Lipinski definition) is 1. The maximum absolute atomic E-state index is 12.7. The Morgan fingerprint density at radius 3 is 2.70 bits per heavy atom. The van der Waals surface area contributed by atoms with Gasteiger partial charge in [0.15, 0.2) is 6.61 Å². The monoisotopic (exact) mass is 424 g/mol. The van der Waals surface area contributed by atoms with E-state index in [1.54, 1.807) is 35.1 Å². The number of fused-ring (bicyclic) bond motifs is 1. The summed E-state index contributed by atoms with van der Waals surface area (Å²) < 4.78 is 7.13. The van der Waals surface area contributed by atoms with Crippen molar-refractivity contribution in [2.75, 3.05) is 23.4 Å². The second-order valence-corrected chi connectivity index (χ2v) is 7.41. The first kappa shape index (κ1) is 20.0. The third-order valence-electron chi connectivity index (χ3n) is 4.91. The van der Waals surface area contributed by atoms with Gasteiger partial charge in [0.25, 0.3) is 5.91 Å². The molecule has 2 heterocycles. The molecule has 30 heavy (non-hydrogen) atoms. The van der Waals surface area contributed by atoms with Crippen LogP contribution in [-0.4, -0.2) is 34.7 Å². The van der Waals surface area contributed by atoms with Crippen LogP contribution in [0.2, 0.25) is 5.02 Å². The second-order valence-electron chi connectivity index (χ2n) is 6.97. The highest BCUT2D eigenvalue weighted by atomic mass is 35.5. The van der Waals surface area contributed by atoms with Gasteiger partial charge in [-0.3, -0.25) is 14.5 Å². The van der Waals surface area contributed by atoms with E-state index < -0.39 is 0 Å². The van der Waals surface area contributed by atoms with Crippen molar-refractivity contribution in [1.29, 1.82) is 0 Å². The number of anilines is 2. The van der Waals surface area contributed by atoms with Gasteiger partial charge in [0, 0.05) is 11.1 Å². The number of rotatable bonds is 6. The van der Waals surface area contributed by atoms with Crippen molar-refractivity contribution in [2.24, 2.45) is 0 Å². The number of nitrogens with zero attached hydrogens (tertiary/aromatic N) is 3. The van der Waals surface area contributed by atoms with Crippen molar-refractivity contribution in [1.82, 2.24) is 9.78 Å². The van der Waals surface area contributed by atoms with Crippen molar-refractivity contribution in [3.8, 4) is 5.75 Å².